The molecule has 0 aliphatic carbocycles. The fourth-order valence-electron chi connectivity index (χ4n) is 2.59. The van der Waals surface area contributed by atoms with Crippen molar-refractivity contribution in [3.63, 3.8) is 0 Å². The van der Waals surface area contributed by atoms with Crippen molar-refractivity contribution in [1.29, 1.82) is 0 Å². The second-order valence-electron chi connectivity index (χ2n) is 6.75. The molecule has 0 fully saturated rings. The predicted octanol–water partition coefficient (Wildman–Crippen LogP) is 4.26. The molecule has 1 unspecified atom stereocenters. The number of anilines is 2. The van der Waals surface area contributed by atoms with Crippen molar-refractivity contribution in [3.05, 3.63) is 40.3 Å². The van der Waals surface area contributed by atoms with Gasteiger partial charge in [-0.25, -0.2) is 4.98 Å². The van der Waals surface area contributed by atoms with Gasteiger partial charge < -0.3 is 10.2 Å². The van der Waals surface area contributed by atoms with Crippen LogP contribution in [0.25, 0.3) is 0 Å². The van der Waals surface area contributed by atoms with E-state index in [1.165, 1.54) is 22.1 Å². The summed E-state index contributed by atoms with van der Waals surface area (Å²) in [5.74, 6) is 0. The van der Waals surface area contributed by atoms with E-state index in [0.717, 1.165) is 13.1 Å². The van der Waals surface area contributed by atoms with Gasteiger partial charge in [0.1, 0.15) is 5.01 Å². The van der Waals surface area contributed by atoms with Crippen LogP contribution in [0.2, 0.25) is 0 Å². The highest BCUT2D eigenvalue weighted by Gasteiger charge is 2.24. The van der Waals surface area contributed by atoms with Gasteiger partial charge in [0.25, 0.3) is 0 Å². The summed E-state index contributed by atoms with van der Waals surface area (Å²) in [5, 5.41) is 6.90. The van der Waals surface area contributed by atoms with Gasteiger partial charge in [0.15, 0.2) is 0 Å². The van der Waals surface area contributed by atoms with Crippen molar-refractivity contribution < 1.29 is 0 Å². The van der Waals surface area contributed by atoms with Gasteiger partial charge in [-0.05, 0) is 19.1 Å². The van der Waals surface area contributed by atoms with E-state index < -0.39 is 0 Å². The molecule has 0 amide bonds. The van der Waals surface area contributed by atoms with Crippen LogP contribution >= 0.6 is 11.3 Å². The van der Waals surface area contributed by atoms with E-state index in [2.05, 4.69) is 67.6 Å². The SMILES string of the molecule is CC1CNc2ccccc2N1Cc1nc(C(C)(C)C)cs1. The average Bonchev–Trinajstić information content (AvgIpc) is 2.91. The molecule has 0 saturated carbocycles. The van der Waals surface area contributed by atoms with Crippen LogP contribution in [0, 0.1) is 0 Å². The average molecular weight is 301 g/mol. The highest BCUT2D eigenvalue weighted by Crippen LogP contribution is 2.33. The molecule has 1 aromatic heterocycles. The molecule has 0 bridgehead atoms. The number of aromatic nitrogens is 1. The Balaban J connectivity index is 1.86. The Morgan fingerprint density at radius 2 is 2.10 bits per heavy atom. The molecule has 112 valence electrons. The monoisotopic (exact) mass is 301 g/mol. The largest absolute Gasteiger partial charge is 0.381 e. The van der Waals surface area contributed by atoms with Gasteiger partial charge in [0.05, 0.1) is 23.6 Å². The number of nitrogens with one attached hydrogen (secondary N) is 1. The van der Waals surface area contributed by atoms with Crippen LogP contribution < -0.4 is 10.2 Å². The van der Waals surface area contributed by atoms with Crippen LogP contribution in [-0.4, -0.2) is 17.6 Å². The van der Waals surface area contributed by atoms with Gasteiger partial charge in [0, 0.05) is 23.4 Å². The first-order chi connectivity index (χ1) is 9.95. The Kier molecular flexibility index (Phi) is 3.66. The zero-order valence-corrected chi connectivity index (χ0v) is 14.0. The highest BCUT2D eigenvalue weighted by atomic mass is 32.1. The topological polar surface area (TPSA) is 28.2 Å². The third-order valence-electron chi connectivity index (χ3n) is 3.96. The van der Waals surface area contributed by atoms with Crippen molar-refractivity contribution >= 4 is 22.7 Å². The minimum Gasteiger partial charge on any atom is -0.381 e. The summed E-state index contributed by atoms with van der Waals surface area (Å²) in [6, 6.07) is 9.00. The van der Waals surface area contributed by atoms with Gasteiger partial charge in [0.2, 0.25) is 0 Å². The molecule has 2 heterocycles. The van der Waals surface area contributed by atoms with Crippen LogP contribution in [0.4, 0.5) is 11.4 Å². The van der Waals surface area contributed by atoms with Crippen molar-refractivity contribution in [2.24, 2.45) is 0 Å². The van der Waals surface area contributed by atoms with Crippen molar-refractivity contribution in [3.8, 4) is 0 Å². The summed E-state index contributed by atoms with van der Waals surface area (Å²) in [6.45, 7) is 10.8. The van der Waals surface area contributed by atoms with Gasteiger partial charge in [-0.3, -0.25) is 0 Å². The fourth-order valence-corrected chi connectivity index (χ4v) is 3.61. The smallest absolute Gasteiger partial charge is 0.112 e. The molecular formula is C17H23N3S. The third-order valence-corrected chi connectivity index (χ3v) is 4.79. The molecule has 1 aliphatic rings. The second kappa shape index (κ2) is 5.34. The summed E-state index contributed by atoms with van der Waals surface area (Å²) in [6.07, 6.45) is 0. The number of para-hydroxylation sites is 2. The number of hydrogen-bond donors (Lipinski definition) is 1. The normalized spacial score (nSPS) is 18.3. The molecule has 3 rings (SSSR count). The molecule has 0 saturated heterocycles. The Morgan fingerprint density at radius 1 is 1.33 bits per heavy atom. The molecule has 1 atom stereocenters. The first-order valence-electron chi connectivity index (χ1n) is 7.49. The molecule has 4 heteroatoms. The van der Waals surface area contributed by atoms with Gasteiger partial charge in [-0.15, -0.1) is 11.3 Å². The van der Waals surface area contributed by atoms with Crippen LogP contribution in [-0.2, 0) is 12.0 Å². The standard InChI is InChI=1S/C17H23N3S/c1-12-9-18-13-7-5-6-8-14(13)20(12)10-16-19-15(11-21-16)17(2,3)4/h5-8,11-12,18H,9-10H2,1-4H3. The number of hydrogen-bond acceptors (Lipinski definition) is 4. The number of benzene rings is 1. The van der Waals surface area contributed by atoms with Crippen molar-refractivity contribution in [2.45, 2.75) is 45.7 Å². The van der Waals surface area contributed by atoms with E-state index >= 15 is 0 Å². The fraction of sp³-hybridized carbons (Fsp3) is 0.471. The molecule has 2 aromatic rings. The number of nitrogens with zero attached hydrogens (tertiary/aromatic N) is 2. The van der Waals surface area contributed by atoms with Crippen LogP contribution in [0.5, 0.6) is 0 Å². The Hall–Kier alpha value is -1.55. The Labute approximate surface area is 131 Å². The van der Waals surface area contributed by atoms with E-state index in [-0.39, 0.29) is 5.41 Å². The molecular weight excluding hydrogens is 278 g/mol. The zero-order chi connectivity index (χ0) is 15.0. The molecule has 3 nitrogen and oxygen atoms in total. The molecule has 21 heavy (non-hydrogen) atoms. The lowest BCUT2D eigenvalue weighted by molar-refractivity contribution is 0.568. The maximum Gasteiger partial charge on any atom is 0.112 e. The minimum absolute atomic E-state index is 0.127. The lowest BCUT2D eigenvalue weighted by Gasteiger charge is -2.37. The molecule has 1 N–H and O–H groups in total. The van der Waals surface area contributed by atoms with E-state index in [9.17, 15) is 0 Å². The third kappa shape index (κ3) is 2.91. The van der Waals surface area contributed by atoms with Gasteiger partial charge in [-0.2, -0.15) is 0 Å². The second-order valence-corrected chi connectivity index (χ2v) is 7.69. The van der Waals surface area contributed by atoms with Gasteiger partial charge in [-0.1, -0.05) is 32.9 Å². The first-order valence-corrected chi connectivity index (χ1v) is 8.37. The van der Waals surface area contributed by atoms with Crippen LogP contribution in [0.1, 0.15) is 38.4 Å². The quantitative estimate of drug-likeness (QED) is 0.898. The molecule has 0 radical (unpaired) electrons. The van der Waals surface area contributed by atoms with Crippen molar-refractivity contribution in [1.82, 2.24) is 4.98 Å². The summed E-state index contributed by atoms with van der Waals surface area (Å²) < 4.78 is 0. The van der Waals surface area contributed by atoms with Gasteiger partial charge >= 0.3 is 0 Å². The number of fused-ring (bicyclic) bond motifs is 1. The predicted molar refractivity (Wildman–Crippen MR) is 91.4 cm³/mol. The maximum absolute atomic E-state index is 4.84. The van der Waals surface area contributed by atoms with E-state index in [4.69, 9.17) is 4.98 Å². The number of rotatable bonds is 2. The van der Waals surface area contributed by atoms with E-state index in [1.807, 2.05) is 0 Å². The lowest BCUT2D eigenvalue weighted by atomic mass is 9.93. The summed E-state index contributed by atoms with van der Waals surface area (Å²) in [5.41, 5.74) is 3.83. The van der Waals surface area contributed by atoms with Crippen LogP contribution in [0.15, 0.2) is 29.6 Å². The lowest BCUT2D eigenvalue weighted by Crippen LogP contribution is -2.41. The first kappa shape index (κ1) is 14.4. The Bertz CT molecular complexity index is 627. The van der Waals surface area contributed by atoms with Crippen molar-refractivity contribution in [2.75, 3.05) is 16.8 Å². The van der Waals surface area contributed by atoms with E-state index in [0.29, 0.717) is 6.04 Å². The summed E-state index contributed by atoms with van der Waals surface area (Å²) in [4.78, 5) is 7.29. The van der Waals surface area contributed by atoms with Crippen LogP contribution in [0.3, 0.4) is 0 Å². The maximum atomic E-state index is 4.84. The Morgan fingerprint density at radius 3 is 2.81 bits per heavy atom. The highest BCUT2D eigenvalue weighted by molar-refractivity contribution is 7.09. The molecule has 0 spiro atoms. The zero-order valence-electron chi connectivity index (χ0n) is 13.2. The molecule has 1 aromatic carbocycles. The summed E-state index contributed by atoms with van der Waals surface area (Å²) >= 11 is 1.77. The minimum atomic E-state index is 0.127. The summed E-state index contributed by atoms with van der Waals surface area (Å²) in [7, 11) is 0. The molecule has 1 aliphatic heterocycles. The number of thiazole rings is 1. The van der Waals surface area contributed by atoms with E-state index in [1.54, 1.807) is 11.3 Å².